The molecule has 256 valence electrons. The Morgan fingerprint density at radius 2 is 1.78 bits per heavy atom. The zero-order valence-corrected chi connectivity index (χ0v) is 28.6. The van der Waals surface area contributed by atoms with Gasteiger partial charge in [0, 0.05) is 29.5 Å². The van der Waals surface area contributed by atoms with E-state index >= 15 is 0 Å². The molecule has 0 saturated carbocycles. The molecule has 2 atom stereocenters. The van der Waals surface area contributed by atoms with E-state index in [1.165, 1.54) is 31.5 Å². The van der Waals surface area contributed by atoms with Gasteiger partial charge in [-0.15, -0.1) is 0 Å². The number of hydrogen-bond acceptors (Lipinski definition) is 9. The van der Waals surface area contributed by atoms with Gasteiger partial charge in [-0.25, -0.2) is 9.59 Å². The second-order valence-electron chi connectivity index (χ2n) is 12.1. The van der Waals surface area contributed by atoms with E-state index in [0.717, 1.165) is 37.2 Å². The fraction of sp³-hybridized carbons (Fsp3) is 0.333. The summed E-state index contributed by atoms with van der Waals surface area (Å²) >= 11 is 12.9. The van der Waals surface area contributed by atoms with Crippen LogP contribution in [-0.4, -0.2) is 67.1 Å². The number of anilines is 1. The lowest BCUT2D eigenvalue weighted by Crippen LogP contribution is -2.53. The van der Waals surface area contributed by atoms with Gasteiger partial charge in [0.15, 0.2) is 11.5 Å². The topological polar surface area (TPSA) is 115 Å². The molecule has 0 spiro atoms. The van der Waals surface area contributed by atoms with Crippen molar-refractivity contribution in [2.24, 2.45) is 5.92 Å². The van der Waals surface area contributed by atoms with Crippen molar-refractivity contribution >= 4 is 41.0 Å². The summed E-state index contributed by atoms with van der Waals surface area (Å²) in [6.45, 7) is 2.95. The van der Waals surface area contributed by atoms with Crippen molar-refractivity contribution in [3.05, 3.63) is 112 Å². The average molecular weight is 709 g/mol. The van der Waals surface area contributed by atoms with E-state index in [1.54, 1.807) is 60.9 Å². The maximum atomic E-state index is 13.8. The minimum absolute atomic E-state index is 0.0969. The SMILES string of the molecule is COc1ccc([C@H](Cc2c(Cl)c[n+](O)cc2Cl)OC(=O)c2cccc(CN(C(=O)O[C@H]3CN4CCC3CC4)c3cccnc3)c2)cc1OC. The first-order chi connectivity index (χ1) is 23.7. The zero-order valence-electron chi connectivity index (χ0n) is 27.1. The number of carbonyl (C=O) groups excluding carboxylic acids is 2. The molecule has 5 heterocycles. The molecule has 13 heteroatoms. The molecule has 11 nitrogen and oxygen atoms in total. The van der Waals surface area contributed by atoms with Gasteiger partial charge in [0.1, 0.15) is 22.3 Å². The summed E-state index contributed by atoms with van der Waals surface area (Å²) in [5.74, 6) is 0.699. The molecular formula is C36H37Cl2N4O7+. The molecule has 2 aromatic carbocycles. The fourth-order valence-corrected chi connectivity index (χ4v) is 7.00. The van der Waals surface area contributed by atoms with Crippen molar-refractivity contribution in [3.8, 4) is 11.5 Å². The summed E-state index contributed by atoms with van der Waals surface area (Å²) in [4.78, 5) is 35.5. The van der Waals surface area contributed by atoms with E-state index in [1.807, 2.05) is 6.07 Å². The van der Waals surface area contributed by atoms with E-state index in [-0.39, 0.29) is 34.7 Å². The van der Waals surface area contributed by atoms with Gasteiger partial charge in [-0.3, -0.25) is 20.0 Å². The molecule has 7 rings (SSSR count). The van der Waals surface area contributed by atoms with Crippen molar-refractivity contribution in [1.82, 2.24) is 9.88 Å². The minimum atomic E-state index is -0.857. The number of halogens is 2. The normalized spacial score (nSPS) is 18.7. The molecule has 3 aliphatic rings. The predicted molar refractivity (Wildman–Crippen MR) is 182 cm³/mol. The van der Waals surface area contributed by atoms with Crippen LogP contribution in [0.15, 0.2) is 79.4 Å². The number of hydrogen-bond donors (Lipinski definition) is 1. The largest absolute Gasteiger partial charge is 0.493 e. The number of amides is 1. The lowest BCUT2D eigenvalue weighted by Gasteiger charge is -2.44. The lowest BCUT2D eigenvalue weighted by atomic mass is 9.86. The summed E-state index contributed by atoms with van der Waals surface area (Å²) in [5, 5.41) is 10.3. The van der Waals surface area contributed by atoms with Crippen molar-refractivity contribution in [1.29, 1.82) is 0 Å². The Kier molecular flexibility index (Phi) is 10.7. The Balaban J connectivity index is 1.25. The quantitative estimate of drug-likeness (QED) is 0.109. The number of benzene rings is 2. The maximum Gasteiger partial charge on any atom is 0.414 e. The first-order valence-electron chi connectivity index (χ1n) is 15.9. The Hall–Kier alpha value is -4.58. The molecule has 1 amide bonds. The summed E-state index contributed by atoms with van der Waals surface area (Å²) < 4.78 is 23.9. The molecule has 1 N–H and O–H groups in total. The van der Waals surface area contributed by atoms with Gasteiger partial charge >= 0.3 is 12.1 Å². The molecule has 0 radical (unpaired) electrons. The van der Waals surface area contributed by atoms with Gasteiger partial charge in [-0.2, -0.15) is 0 Å². The number of methoxy groups -OCH3 is 2. The first kappa shape index (κ1) is 34.3. The van der Waals surface area contributed by atoms with Gasteiger partial charge in [0.2, 0.25) is 12.4 Å². The standard InChI is InChI=1S/C36H37Cl2N4O7/c1-46-31-9-8-25(16-33(31)47-2)32(17-28-29(37)20-41(45)21-30(28)38)48-35(43)26-6-3-5-23(15-26)19-42(27-7-4-12-39-18-27)36(44)49-34-22-40-13-10-24(34)11-14-40/h3-9,12,15-16,18,20-21,24,32,34,45H,10-11,13-14,17,19,22H2,1-2H3/q+1/t32-,34-/m0/s1. The Morgan fingerprint density at radius 3 is 2.43 bits per heavy atom. The summed E-state index contributed by atoms with van der Waals surface area (Å²) in [6.07, 6.45) is 6.50. The number of ether oxygens (including phenoxy) is 4. The van der Waals surface area contributed by atoms with Crippen molar-refractivity contribution in [3.63, 3.8) is 0 Å². The van der Waals surface area contributed by atoms with Gasteiger partial charge in [-0.1, -0.05) is 41.4 Å². The Labute approximate surface area is 294 Å². The van der Waals surface area contributed by atoms with E-state index in [4.69, 9.17) is 42.1 Å². The van der Waals surface area contributed by atoms with Crippen molar-refractivity contribution in [2.45, 2.75) is 38.0 Å². The fourth-order valence-electron chi connectivity index (χ4n) is 6.39. The highest BCUT2D eigenvalue weighted by Crippen LogP contribution is 2.36. The number of nitrogens with zero attached hydrogens (tertiary/aromatic N) is 4. The van der Waals surface area contributed by atoms with Gasteiger partial charge in [0.25, 0.3) is 0 Å². The highest BCUT2D eigenvalue weighted by molar-refractivity contribution is 6.35. The molecular weight excluding hydrogens is 671 g/mol. The molecule has 2 bridgehead atoms. The monoisotopic (exact) mass is 707 g/mol. The second-order valence-corrected chi connectivity index (χ2v) is 12.9. The Morgan fingerprint density at radius 1 is 1.02 bits per heavy atom. The number of piperidine rings is 3. The van der Waals surface area contributed by atoms with E-state index in [2.05, 4.69) is 9.88 Å². The zero-order chi connectivity index (χ0) is 34.5. The highest BCUT2D eigenvalue weighted by Gasteiger charge is 2.37. The third-order valence-corrected chi connectivity index (χ3v) is 9.67. The lowest BCUT2D eigenvalue weighted by molar-refractivity contribution is -0.904. The highest BCUT2D eigenvalue weighted by atomic mass is 35.5. The van der Waals surface area contributed by atoms with Crippen molar-refractivity contribution in [2.75, 3.05) is 38.8 Å². The molecule has 3 aliphatic heterocycles. The number of aromatic nitrogens is 2. The van der Waals surface area contributed by atoms with Crippen LogP contribution in [0.4, 0.5) is 10.5 Å². The van der Waals surface area contributed by atoms with Gasteiger partial charge < -0.3 is 18.9 Å². The van der Waals surface area contributed by atoms with Crippen LogP contribution >= 0.6 is 23.2 Å². The van der Waals surface area contributed by atoms with E-state index < -0.39 is 18.2 Å². The van der Waals surface area contributed by atoms with Crippen LogP contribution in [0.25, 0.3) is 0 Å². The first-order valence-corrected chi connectivity index (χ1v) is 16.7. The maximum absolute atomic E-state index is 13.8. The Bertz CT molecular complexity index is 1780. The number of carbonyl (C=O) groups is 2. The molecule has 4 aromatic rings. The molecule has 0 unspecified atom stereocenters. The number of fused-ring (bicyclic) bond motifs is 3. The predicted octanol–water partition coefficient (Wildman–Crippen LogP) is 6.31. The number of pyridine rings is 2. The smallest absolute Gasteiger partial charge is 0.414 e. The van der Waals surface area contributed by atoms with Crippen LogP contribution < -0.4 is 19.1 Å². The third kappa shape index (κ3) is 8.01. The van der Waals surface area contributed by atoms with Gasteiger partial charge in [0.05, 0.1) is 38.2 Å². The summed E-state index contributed by atoms with van der Waals surface area (Å²) in [7, 11) is 3.05. The molecule has 49 heavy (non-hydrogen) atoms. The molecule has 2 aromatic heterocycles. The van der Waals surface area contributed by atoms with Crippen LogP contribution in [-0.2, 0) is 22.4 Å². The van der Waals surface area contributed by atoms with Crippen LogP contribution in [0.2, 0.25) is 10.0 Å². The summed E-state index contributed by atoms with van der Waals surface area (Å²) in [6, 6.07) is 15.7. The van der Waals surface area contributed by atoms with Crippen LogP contribution in [0, 0.1) is 5.92 Å². The third-order valence-electron chi connectivity index (χ3n) is 9.02. The summed E-state index contributed by atoms with van der Waals surface area (Å²) in [5.41, 5.74) is 2.62. The van der Waals surface area contributed by atoms with Gasteiger partial charge in [-0.05, 0) is 79.4 Å². The van der Waals surface area contributed by atoms with Crippen LogP contribution in [0.3, 0.4) is 0 Å². The second kappa shape index (κ2) is 15.3. The number of esters is 1. The number of rotatable bonds is 11. The molecule has 0 aliphatic carbocycles. The van der Waals surface area contributed by atoms with E-state index in [0.29, 0.717) is 39.8 Å². The van der Waals surface area contributed by atoms with E-state index in [9.17, 15) is 14.8 Å². The average Bonchev–Trinajstić information content (AvgIpc) is 3.12. The minimum Gasteiger partial charge on any atom is -0.493 e. The molecule has 3 fully saturated rings. The molecule has 3 saturated heterocycles. The van der Waals surface area contributed by atoms with Crippen LogP contribution in [0.1, 0.15) is 46.0 Å². The van der Waals surface area contributed by atoms with Crippen molar-refractivity contribution < 1.29 is 38.5 Å². The van der Waals surface area contributed by atoms with Crippen LogP contribution in [0.5, 0.6) is 11.5 Å².